The fourth-order valence-electron chi connectivity index (χ4n) is 5.22. The van der Waals surface area contributed by atoms with Gasteiger partial charge in [0.25, 0.3) is 11.7 Å². The Bertz CT molecular complexity index is 1510. The second-order valence-corrected chi connectivity index (χ2v) is 11.1. The summed E-state index contributed by atoms with van der Waals surface area (Å²) in [6, 6.07) is 15.4. The topological polar surface area (TPSA) is 85.3 Å². The number of hydrogen-bond donors (Lipinski definition) is 1. The Hall–Kier alpha value is -4.26. The van der Waals surface area contributed by atoms with Crippen molar-refractivity contribution in [3.63, 3.8) is 0 Å². The first-order chi connectivity index (χ1) is 19.4. The molecule has 3 aromatic carbocycles. The molecule has 3 aromatic rings. The Morgan fingerprint density at radius 2 is 1.56 bits per heavy atom. The molecule has 1 amide bonds. The molecule has 1 unspecified atom stereocenters. The molecular weight excluding hydrogens is 518 g/mol. The Morgan fingerprint density at radius 1 is 0.902 bits per heavy atom. The van der Waals surface area contributed by atoms with Gasteiger partial charge < -0.3 is 19.3 Å². The normalized spacial score (nSPS) is 16.7. The lowest BCUT2D eigenvalue weighted by atomic mass is 9.84. The van der Waals surface area contributed by atoms with E-state index in [2.05, 4.69) is 20.8 Å². The summed E-state index contributed by atoms with van der Waals surface area (Å²) >= 11 is 0. The molecule has 1 atom stereocenters. The van der Waals surface area contributed by atoms with Crippen LogP contribution in [0, 0.1) is 13.8 Å². The van der Waals surface area contributed by atoms with Crippen molar-refractivity contribution in [1.29, 1.82) is 0 Å². The molecule has 1 aliphatic heterocycles. The van der Waals surface area contributed by atoms with Gasteiger partial charge in [0, 0.05) is 16.8 Å². The van der Waals surface area contributed by atoms with Crippen LogP contribution in [0.2, 0.25) is 0 Å². The molecule has 1 heterocycles. The van der Waals surface area contributed by atoms with Crippen LogP contribution in [0.4, 0.5) is 5.69 Å². The van der Waals surface area contributed by atoms with Crippen LogP contribution in [0.1, 0.15) is 68.5 Å². The quantitative estimate of drug-likeness (QED) is 0.182. The molecule has 41 heavy (non-hydrogen) atoms. The van der Waals surface area contributed by atoms with Crippen LogP contribution in [0.5, 0.6) is 17.2 Å². The van der Waals surface area contributed by atoms with Crippen LogP contribution in [0.3, 0.4) is 0 Å². The number of aliphatic hydroxyl groups is 1. The van der Waals surface area contributed by atoms with E-state index >= 15 is 0 Å². The third kappa shape index (κ3) is 5.53. The fourth-order valence-corrected chi connectivity index (χ4v) is 5.22. The lowest BCUT2D eigenvalue weighted by molar-refractivity contribution is -0.132. The molecule has 1 N–H and O–H groups in total. The molecule has 1 aliphatic rings. The maximum atomic E-state index is 13.8. The van der Waals surface area contributed by atoms with Gasteiger partial charge in [0.2, 0.25) is 0 Å². The SMILES string of the molecule is CCOc1cc(C2/C(=C(\O)c3ccc(OCC)c(C(C)(C)C)c3)C(=O)C(=O)N2c2cccc(C)c2C)ccc1OC. The van der Waals surface area contributed by atoms with E-state index < -0.39 is 17.7 Å². The minimum Gasteiger partial charge on any atom is -0.507 e. The highest BCUT2D eigenvalue weighted by Gasteiger charge is 2.47. The number of rotatable bonds is 8. The molecule has 7 nitrogen and oxygen atoms in total. The zero-order valence-electron chi connectivity index (χ0n) is 25.1. The Labute approximate surface area is 242 Å². The number of aliphatic hydroxyl groups excluding tert-OH is 1. The van der Waals surface area contributed by atoms with Crippen LogP contribution >= 0.6 is 0 Å². The van der Waals surface area contributed by atoms with Crippen molar-refractivity contribution in [3.8, 4) is 17.2 Å². The Balaban J connectivity index is 2.01. The number of hydrogen-bond acceptors (Lipinski definition) is 6. The molecule has 0 radical (unpaired) electrons. The maximum absolute atomic E-state index is 13.8. The largest absolute Gasteiger partial charge is 0.507 e. The summed E-state index contributed by atoms with van der Waals surface area (Å²) in [5.41, 5.74) is 4.08. The number of benzene rings is 3. The molecule has 0 aliphatic carbocycles. The highest BCUT2D eigenvalue weighted by molar-refractivity contribution is 6.51. The molecule has 1 fully saturated rings. The van der Waals surface area contributed by atoms with Gasteiger partial charge in [-0.3, -0.25) is 14.5 Å². The third-order valence-corrected chi connectivity index (χ3v) is 7.44. The molecular formula is C34H39NO6. The minimum absolute atomic E-state index is 0.00698. The third-order valence-electron chi connectivity index (χ3n) is 7.44. The van der Waals surface area contributed by atoms with Gasteiger partial charge >= 0.3 is 0 Å². The van der Waals surface area contributed by atoms with E-state index in [4.69, 9.17) is 14.2 Å². The Kier molecular flexibility index (Phi) is 8.47. The van der Waals surface area contributed by atoms with Crippen molar-refractivity contribution in [1.82, 2.24) is 0 Å². The van der Waals surface area contributed by atoms with Crippen molar-refractivity contribution in [3.05, 3.63) is 88.0 Å². The molecule has 0 bridgehead atoms. The van der Waals surface area contributed by atoms with E-state index in [1.54, 1.807) is 37.4 Å². The average Bonchev–Trinajstić information content (AvgIpc) is 3.19. The van der Waals surface area contributed by atoms with Gasteiger partial charge in [0.15, 0.2) is 11.5 Å². The van der Waals surface area contributed by atoms with Gasteiger partial charge in [0.05, 0.1) is 31.9 Å². The van der Waals surface area contributed by atoms with Gasteiger partial charge in [-0.2, -0.15) is 0 Å². The van der Waals surface area contributed by atoms with Crippen molar-refractivity contribution in [2.24, 2.45) is 0 Å². The molecule has 7 heteroatoms. The number of carbonyl (C=O) groups excluding carboxylic acids is 2. The Morgan fingerprint density at radius 3 is 2.20 bits per heavy atom. The minimum atomic E-state index is -0.898. The number of nitrogens with zero attached hydrogens (tertiary/aromatic N) is 1. The molecule has 4 rings (SSSR count). The lowest BCUT2D eigenvalue weighted by Crippen LogP contribution is -2.30. The summed E-state index contributed by atoms with van der Waals surface area (Å²) in [5.74, 6) is 0.00840. The summed E-state index contributed by atoms with van der Waals surface area (Å²) in [5, 5.41) is 11.8. The second-order valence-electron chi connectivity index (χ2n) is 11.1. The first-order valence-electron chi connectivity index (χ1n) is 13.9. The summed E-state index contributed by atoms with van der Waals surface area (Å²) < 4.78 is 17.2. The highest BCUT2D eigenvalue weighted by Crippen LogP contribution is 2.46. The van der Waals surface area contributed by atoms with Gasteiger partial charge in [-0.05, 0) is 86.2 Å². The maximum Gasteiger partial charge on any atom is 0.300 e. The predicted octanol–water partition coefficient (Wildman–Crippen LogP) is 7.03. The number of methoxy groups -OCH3 is 1. The smallest absolute Gasteiger partial charge is 0.300 e. The van der Waals surface area contributed by atoms with Crippen molar-refractivity contribution in [2.45, 2.75) is 59.9 Å². The number of aryl methyl sites for hydroxylation is 1. The zero-order chi connectivity index (χ0) is 30.1. The van der Waals surface area contributed by atoms with E-state index in [0.29, 0.717) is 47.3 Å². The van der Waals surface area contributed by atoms with Crippen molar-refractivity contribution < 1.29 is 28.9 Å². The van der Waals surface area contributed by atoms with Crippen LogP contribution in [0.25, 0.3) is 5.76 Å². The average molecular weight is 558 g/mol. The molecule has 0 saturated carbocycles. The van der Waals surface area contributed by atoms with Crippen LogP contribution < -0.4 is 19.1 Å². The number of carbonyl (C=O) groups is 2. The summed E-state index contributed by atoms with van der Waals surface area (Å²) in [6.45, 7) is 14.7. The predicted molar refractivity (Wildman–Crippen MR) is 161 cm³/mol. The number of amides is 1. The van der Waals surface area contributed by atoms with E-state index in [9.17, 15) is 14.7 Å². The first kappa shape index (κ1) is 29.7. The van der Waals surface area contributed by atoms with E-state index in [1.807, 2.05) is 52.0 Å². The number of ketones is 1. The summed E-state index contributed by atoms with van der Waals surface area (Å²) in [4.78, 5) is 29.0. The number of Topliss-reactive ketones (excluding diaryl/α,β-unsaturated/α-hetero) is 1. The monoisotopic (exact) mass is 557 g/mol. The van der Waals surface area contributed by atoms with E-state index in [-0.39, 0.29) is 16.7 Å². The van der Waals surface area contributed by atoms with E-state index in [0.717, 1.165) is 16.7 Å². The summed E-state index contributed by atoms with van der Waals surface area (Å²) in [7, 11) is 1.55. The summed E-state index contributed by atoms with van der Waals surface area (Å²) in [6.07, 6.45) is 0. The number of ether oxygens (including phenoxy) is 3. The van der Waals surface area contributed by atoms with Gasteiger partial charge in [-0.15, -0.1) is 0 Å². The number of anilines is 1. The first-order valence-corrected chi connectivity index (χ1v) is 13.9. The van der Waals surface area contributed by atoms with Crippen LogP contribution in [-0.2, 0) is 15.0 Å². The molecule has 1 saturated heterocycles. The van der Waals surface area contributed by atoms with Crippen molar-refractivity contribution >= 4 is 23.1 Å². The fraction of sp³-hybridized carbons (Fsp3) is 0.353. The molecule has 216 valence electrons. The molecule has 0 aromatic heterocycles. The second kappa shape index (κ2) is 11.7. The zero-order valence-corrected chi connectivity index (χ0v) is 25.1. The lowest BCUT2D eigenvalue weighted by Gasteiger charge is -2.28. The van der Waals surface area contributed by atoms with E-state index in [1.165, 1.54) is 4.90 Å². The van der Waals surface area contributed by atoms with Gasteiger partial charge in [-0.1, -0.05) is 39.0 Å². The van der Waals surface area contributed by atoms with Gasteiger partial charge in [-0.25, -0.2) is 0 Å². The van der Waals surface area contributed by atoms with Gasteiger partial charge in [0.1, 0.15) is 11.5 Å². The standard InChI is InChI=1S/C34H39NO6/c1-9-40-26-16-15-23(18-24(26)34(5,6)7)31(36)29-30(22-14-17-27(39-8)28(19-22)41-10-2)35(33(38)32(29)37)25-13-11-12-20(3)21(25)4/h11-19,30,36H,9-10H2,1-8H3/b31-29+. The van der Waals surface area contributed by atoms with Crippen LogP contribution in [0.15, 0.2) is 60.2 Å². The molecule has 0 spiro atoms. The highest BCUT2D eigenvalue weighted by atomic mass is 16.5. The van der Waals surface area contributed by atoms with Crippen LogP contribution in [-0.4, -0.2) is 37.1 Å². The van der Waals surface area contributed by atoms with Crippen molar-refractivity contribution in [2.75, 3.05) is 25.2 Å².